The quantitative estimate of drug-likeness (QED) is 0.108. The first-order valence-corrected chi connectivity index (χ1v) is 13.1. The van der Waals surface area contributed by atoms with Crippen molar-refractivity contribution in [1.29, 1.82) is 0 Å². The summed E-state index contributed by atoms with van der Waals surface area (Å²) in [4.78, 5) is 32.9. The van der Waals surface area contributed by atoms with Crippen LogP contribution in [0, 0.1) is 0 Å². The van der Waals surface area contributed by atoms with Gasteiger partial charge in [0.25, 0.3) is 24.3 Å². The smallest absolute Gasteiger partial charge is 0.387 e. The molecule has 0 aliphatic carbocycles. The van der Waals surface area contributed by atoms with E-state index in [2.05, 4.69) is 0 Å². The zero-order valence-corrected chi connectivity index (χ0v) is 21.1. The van der Waals surface area contributed by atoms with E-state index < -0.39 is 81.9 Å². The van der Waals surface area contributed by atoms with Crippen molar-refractivity contribution in [2.24, 2.45) is 11.5 Å². The van der Waals surface area contributed by atoms with Crippen molar-refractivity contribution in [3.8, 4) is 0 Å². The van der Waals surface area contributed by atoms with Gasteiger partial charge >= 0.3 is 7.82 Å². The Hall–Kier alpha value is -2.89. The SMILES string of the molecule is NC(=O)c1ccc[n+](C2O[C@H](COP(=O)(O)OC[C@H]3OC([n+]4cccc(C(N)=O)c4)[C@H](O)[C@@H]3O)[C@@H](O)[C@H]2O)c1. The van der Waals surface area contributed by atoms with Gasteiger partial charge in [0.05, 0.1) is 13.2 Å². The average Bonchev–Trinajstić information content (AvgIpc) is 3.36. The maximum atomic E-state index is 12.4. The fourth-order valence-electron chi connectivity index (χ4n) is 4.19. The monoisotopic (exact) mass is 572 g/mol. The topological polar surface area (TPSA) is 249 Å². The zero-order valence-electron chi connectivity index (χ0n) is 20.2. The van der Waals surface area contributed by atoms with Crippen LogP contribution in [0.1, 0.15) is 33.2 Å². The van der Waals surface area contributed by atoms with Gasteiger partial charge in [0, 0.05) is 12.1 Å². The lowest BCUT2D eigenvalue weighted by atomic mass is 10.1. The molecular weight excluding hydrogens is 543 g/mol. The first kappa shape index (κ1) is 29.1. The number of carbonyl (C=O) groups is 2. The molecule has 8 atom stereocenters. The molecule has 16 nitrogen and oxygen atoms in total. The maximum Gasteiger partial charge on any atom is 0.472 e. The molecule has 17 heteroatoms. The molecule has 2 unspecified atom stereocenters. The van der Waals surface area contributed by atoms with Crippen molar-refractivity contribution >= 4 is 19.6 Å². The van der Waals surface area contributed by atoms with E-state index in [0.29, 0.717) is 0 Å². The molecular formula is C22H29N4O12P+2. The van der Waals surface area contributed by atoms with Gasteiger partial charge in [-0.05, 0) is 12.1 Å². The summed E-state index contributed by atoms with van der Waals surface area (Å²) in [6.07, 6.45) is -5.27. The van der Waals surface area contributed by atoms with Gasteiger partial charge in [0.2, 0.25) is 0 Å². The van der Waals surface area contributed by atoms with Crippen LogP contribution in [0.4, 0.5) is 0 Å². The summed E-state index contributed by atoms with van der Waals surface area (Å²) in [6.45, 7) is -1.35. The van der Waals surface area contributed by atoms with Crippen LogP contribution in [-0.4, -0.2) is 87.0 Å². The lowest BCUT2D eigenvalue weighted by molar-refractivity contribution is -0.766. The van der Waals surface area contributed by atoms with Gasteiger partial charge in [-0.2, -0.15) is 9.13 Å². The summed E-state index contributed by atoms with van der Waals surface area (Å²) in [7, 11) is -4.80. The van der Waals surface area contributed by atoms with Crippen LogP contribution in [0.25, 0.3) is 0 Å². The van der Waals surface area contributed by atoms with Crippen LogP contribution < -0.4 is 20.6 Å². The number of aliphatic hydroxyl groups is 4. The van der Waals surface area contributed by atoms with E-state index in [-0.39, 0.29) is 11.1 Å². The van der Waals surface area contributed by atoms with Crippen LogP contribution in [0.15, 0.2) is 49.1 Å². The van der Waals surface area contributed by atoms with E-state index in [4.69, 9.17) is 30.0 Å². The summed E-state index contributed by atoms with van der Waals surface area (Å²) in [5, 5.41) is 41.4. The number of primary amides is 2. The van der Waals surface area contributed by atoms with Gasteiger partial charge in [-0.15, -0.1) is 0 Å². The molecule has 4 rings (SSSR count). The van der Waals surface area contributed by atoms with Crippen molar-refractivity contribution in [2.45, 2.75) is 49.1 Å². The van der Waals surface area contributed by atoms with E-state index in [9.17, 15) is 39.5 Å². The summed E-state index contributed by atoms with van der Waals surface area (Å²) >= 11 is 0. The second kappa shape index (κ2) is 11.7. The Balaban J connectivity index is 1.33. The number of hydrogen-bond donors (Lipinski definition) is 7. The number of pyridine rings is 2. The molecule has 2 aromatic rings. The molecule has 2 aliphatic rings. The summed E-state index contributed by atoms with van der Waals surface area (Å²) < 4.78 is 36.0. The number of hydrogen-bond acceptors (Lipinski definition) is 11. The lowest BCUT2D eigenvalue weighted by Crippen LogP contribution is -2.46. The molecule has 0 aromatic carbocycles. The van der Waals surface area contributed by atoms with E-state index in [0.717, 1.165) is 0 Å². The molecule has 39 heavy (non-hydrogen) atoms. The van der Waals surface area contributed by atoms with Crippen molar-refractivity contribution in [1.82, 2.24) is 0 Å². The van der Waals surface area contributed by atoms with E-state index in [1.807, 2.05) is 0 Å². The third-order valence-electron chi connectivity index (χ3n) is 6.28. The number of nitrogens with two attached hydrogens (primary N) is 2. The number of phosphoric ester groups is 1. The number of phosphoric acid groups is 1. The predicted octanol–water partition coefficient (Wildman–Crippen LogP) is -3.47. The zero-order chi connectivity index (χ0) is 28.5. The molecule has 0 spiro atoms. The summed E-state index contributed by atoms with van der Waals surface area (Å²) in [5.41, 5.74) is 10.8. The number of carbonyl (C=O) groups excluding carboxylic acids is 2. The van der Waals surface area contributed by atoms with Gasteiger partial charge < -0.3 is 46.3 Å². The van der Waals surface area contributed by atoms with E-state index >= 15 is 0 Å². The van der Waals surface area contributed by atoms with Crippen molar-refractivity contribution in [2.75, 3.05) is 13.2 Å². The fourth-order valence-corrected chi connectivity index (χ4v) is 4.94. The van der Waals surface area contributed by atoms with Crippen molar-refractivity contribution in [3.05, 3.63) is 60.2 Å². The van der Waals surface area contributed by atoms with Gasteiger partial charge in [-0.3, -0.25) is 18.6 Å². The molecule has 2 amide bonds. The third kappa shape index (κ3) is 6.47. The minimum atomic E-state index is -4.80. The predicted molar refractivity (Wildman–Crippen MR) is 124 cm³/mol. The lowest BCUT2D eigenvalue weighted by Gasteiger charge is -2.19. The molecule has 2 fully saturated rings. The summed E-state index contributed by atoms with van der Waals surface area (Å²) in [5.74, 6) is -1.44. The maximum absolute atomic E-state index is 12.4. The highest BCUT2D eigenvalue weighted by Crippen LogP contribution is 2.45. The summed E-state index contributed by atoms with van der Waals surface area (Å²) in [6, 6.07) is 5.85. The Morgan fingerprint density at radius 3 is 1.54 bits per heavy atom. The molecule has 9 N–H and O–H groups in total. The molecule has 2 aliphatic heterocycles. The number of rotatable bonds is 10. The Bertz CT molecular complexity index is 1180. The van der Waals surface area contributed by atoms with Crippen LogP contribution >= 0.6 is 7.82 Å². The Kier molecular flexibility index (Phi) is 8.72. The van der Waals surface area contributed by atoms with E-state index in [1.165, 1.54) is 58.2 Å². The van der Waals surface area contributed by atoms with Crippen molar-refractivity contribution in [3.63, 3.8) is 0 Å². The van der Waals surface area contributed by atoms with Crippen LogP contribution in [0.2, 0.25) is 0 Å². The second-order valence-electron chi connectivity index (χ2n) is 8.96. The Morgan fingerprint density at radius 2 is 1.18 bits per heavy atom. The Labute approximate surface area is 221 Å². The highest BCUT2D eigenvalue weighted by molar-refractivity contribution is 7.47. The highest BCUT2D eigenvalue weighted by atomic mass is 31.2. The number of aliphatic hydroxyl groups excluding tert-OH is 4. The fraction of sp³-hybridized carbons (Fsp3) is 0.455. The van der Waals surface area contributed by atoms with Gasteiger partial charge in [-0.1, -0.05) is 0 Å². The minimum Gasteiger partial charge on any atom is -0.387 e. The van der Waals surface area contributed by atoms with Gasteiger partial charge in [0.1, 0.15) is 35.5 Å². The first-order chi connectivity index (χ1) is 18.4. The number of nitrogens with zero attached hydrogens (tertiary/aromatic N) is 2. The molecule has 2 saturated heterocycles. The number of ether oxygens (including phenoxy) is 2. The molecule has 4 heterocycles. The molecule has 0 radical (unpaired) electrons. The average molecular weight is 572 g/mol. The Morgan fingerprint density at radius 1 is 0.795 bits per heavy atom. The standard InChI is InChI=1S/C22H27N4O12P/c23-19(31)11-3-1-5-25(7-11)21-17(29)15(27)13(37-21)9-35-39(33,34)36-10-14-16(28)18(30)22(38-14)26-6-2-4-12(8-26)20(24)32/h1-8,13-18,21-22,27-30H,9-10H2,(H3-2,23,24,31,32,33,34)/p+2/t13-,14-,15-,16-,17-,18-,21?,22?/m1/s1. The minimum absolute atomic E-state index is 0.124. The number of amides is 2. The number of aromatic nitrogens is 2. The van der Waals surface area contributed by atoms with E-state index in [1.54, 1.807) is 0 Å². The second-order valence-corrected chi connectivity index (χ2v) is 10.4. The first-order valence-electron chi connectivity index (χ1n) is 11.6. The van der Waals surface area contributed by atoms with Crippen LogP contribution in [0.3, 0.4) is 0 Å². The third-order valence-corrected chi connectivity index (χ3v) is 7.23. The van der Waals surface area contributed by atoms with Crippen molar-refractivity contribution < 1.29 is 67.1 Å². The molecule has 0 bridgehead atoms. The van der Waals surface area contributed by atoms with Gasteiger partial charge in [-0.25, -0.2) is 4.57 Å². The van der Waals surface area contributed by atoms with Crippen LogP contribution in [-0.2, 0) is 23.1 Å². The normalized spacial score (nSPS) is 32.1. The highest BCUT2D eigenvalue weighted by Gasteiger charge is 2.51. The largest absolute Gasteiger partial charge is 0.472 e. The molecule has 212 valence electrons. The molecule has 0 saturated carbocycles. The van der Waals surface area contributed by atoms with Crippen LogP contribution in [0.5, 0.6) is 0 Å². The molecule has 2 aromatic heterocycles. The van der Waals surface area contributed by atoms with Gasteiger partial charge in [0.15, 0.2) is 37.0 Å².